The van der Waals surface area contributed by atoms with E-state index in [4.69, 9.17) is 27.9 Å². The number of nitrogens with one attached hydrogen (secondary N) is 2. The second kappa shape index (κ2) is 8.41. The van der Waals surface area contributed by atoms with E-state index in [0.29, 0.717) is 15.6 Å². The fourth-order valence-corrected chi connectivity index (χ4v) is 2.23. The normalized spacial score (nSPS) is 10.6. The van der Waals surface area contributed by atoms with Crippen molar-refractivity contribution in [1.82, 2.24) is 5.43 Å². The van der Waals surface area contributed by atoms with Crippen molar-refractivity contribution in [3.63, 3.8) is 0 Å². The smallest absolute Gasteiger partial charge is 0.259 e. The Morgan fingerprint density at radius 1 is 1.17 bits per heavy atom. The molecule has 0 fully saturated rings. The molecule has 23 heavy (non-hydrogen) atoms. The first-order chi connectivity index (χ1) is 11.1. The second-order valence-electron chi connectivity index (χ2n) is 4.51. The summed E-state index contributed by atoms with van der Waals surface area (Å²) in [6, 6.07) is 12.4. The van der Waals surface area contributed by atoms with Crippen LogP contribution in [-0.2, 0) is 4.79 Å². The van der Waals surface area contributed by atoms with Crippen molar-refractivity contribution < 1.29 is 9.53 Å². The van der Waals surface area contributed by atoms with E-state index in [9.17, 15) is 4.79 Å². The molecule has 0 spiro atoms. The van der Waals surface area contributed by atoms with Gasteiger partial charge >= 0.3 is 0 Å². The van der Waals surface area contributed by atoms with Gasteiger partial charge in [0.1, 0.15) is 5.75 Å². The highest BCUT2D eigenvalue weighted by atomic mass is 35.5. The van der Waals surface area contributed by atoms with Crippen LogP contribution in [-0.4, -0.2) is 25.8 Å². The molecule has 0 saturated carbocycles. The summed E-state index contributed by atoms with van der Waals surface area (Å²) in [6.07, 6.45) is 1.41. The number of rotatable bonds is 6. The van der Waals surface area contributed by atoms with Crippen molar-refractivity contribution in [2.45, 2.75) is 0 Å². The van der Waals surface area contributed by atoms with Crippen LogP contribution in [0.1, 0.15) is 5.56 Å². The third-order valence-corrected chi connectivity index (χ3v) is 3.58. The first kappa shape index (κ1) is 17.1. The van der Waals surface area contributed by atoms with E-state index >= 15 is 0 Å². The Morgan fingerprint density at radius 2 is 1.83 bits per heavy atom. The lowest BCUT2D eigenvalue weighted by Crippen LogP contribution is -2.25. The molecule has 0 bridgehead atoms. The molecule has 5 nitrogen and oxygen atoms in total. The van der Waals surface area contributed by atoms with Crippen LogP contribution in [0.2, 0.25) is 10.0 Å². The quantitative estimate of drug-likeness (QED) is 0.617. The number of methoxy groups -OCH3 is 1. The molecule has 1 amide bonds. The fraction of sp³-hybridized carbons (Fsp3) is 0.125. The van der Waals surface area contributed by atoms with Crippen LogP contribution in [0.3, 0.4) is 0 Å². The van der Waals surface area contributed by atoms with Gasteiger partial charge < -0.3 is 10.1 Å². The molecule has 0 unspecified atom stereocenters. The number of hydrogen-bond acceptors (Lipinski definition) is 4. The molecule has 7 heteroatoms. The Morgan fingerprint density at radius 3 is 2.43 bits per heavy atom. The molecule has 0 aliphatic heterocycles. The summed E-state index contributed by atoms with van der Waals surface area (Å²) in [6.45, 7) is 0.0833. The topological polar surface area (TPSA) is 62.7 Å². The standard InChI is InChI=1S/C16H15Cl2N3O2/c1-23-12-7-5-11(6-8-12)19-10-16(22)21-20-9-13-14(17)3-2-4-15(13)18/h2-9,19H,10H2,1H3,(H,21,22)/b20-9-. The minimum Gasteiger partial charge on any atom is -0.497 e. The van der Waals surface area contributed by atoms with Gasteiger partial charge in [0.15, 0.2) is 0 Å². The molecule has 0 heterocycles. The molecule has 0 aliphatic carbocycles. The highest BCUT2D eigenvalue weighted by Gasteiger charge is 2.03. The van der Waals surface area contributed by atoms with Crippen molar-refractivity contribution in [2.24, 2.45) is 5.10 Å². The predicted octanol–water partition coefficient (Wildman–Crippen LogP) is 3.56. The van der Waals surface area contributed by atoms with E-state index in [1.165, 1.54) is 6.21 Å². The van der Waals surface area contributed by atoms with E-state index in [1.54, 1.807) is 37.4 Å². The van der Waals surface area contributed by atoms with E-state index < -0.39 is 0 Å². The number of amides is 1. The van der Waals surface area contributed by atoms with Gasteiger partial charge in [0.05, 0.1) is 29.9 Å². The van der Waals surface area contributed by atoms with Crippen LogP contribution < -0.4 is 15.5 Å². The minimum absolute atomic E-state index is 0.0833. The average molecular weight is 352 g/mol. The fourth-order valence-electron chi connectivity index (χ4n) is 1.73. The van der Waals surface area contributed by atoms with Crippen molar-refractivity contribution >= 4 is 41.0 Å². The number of carbonyl (C=O) groups excluding carboxylic acids is 1. The minimum atomic E-state index is -0.291. The van der Waals surface area contributed by atoms with Gasteiger partial charge in [-0.3, -0.25) is 4.79 Å². The van der Waals surface area contributed by atoms with Crippen LogP contribution in [0.4, 0.5) is 5.69 Å². The van der Waals surface area contributed by atoms with Crippen LogP contribution >= 0.6 is 23.2 Å². The van der Waals surface area contributed by atoms with Crippen molar-refractivity contribution in [2.75, 3.05) is 19.0 Å². The van der Waals surface area contributed by atoms with E-state index in [2.05, 4.69) is 15.8 Å². The van der Waals surface area contributed by atoms with Crippen LogP contribution in [0.5, 0.6) is 5.75 Å². The van der Waals surface area contributed by atoms with Gasteiger partial charge in [-0.1, -0.05) is 29.3 Å². The third kappa shape index (κ3) is 5.16. The summed E-state index contributed by atoms with van der Waals surface area (Å²) in [5.74, 6) is 0.460. The molecule has 2 aromatic rings. The number of nitrogens with zero attached hydrogens (tertiary/aromatic N) is 1. The van der Waals surface area contributed by atoms with Gasteiger partial charge in [0, 0.05) is 11.3 Å². The highest BCUT2D eigenvalue weighted by Crippen LogP contribution is 2.22. The third-order valence-electron chi connectivity index (χ3n) is 2.93. The Kier molecular flexibility index (Phi) is 6.26. The number of ether oxygens (including phenoxy) is 1. The second-order valence-corrected chi connectivity index (χ2v) is 5.32. The largest absolute Gasteiger partial charge is 0.497 e. The number of carbonyl (C=O) groups is 1. The number of anilines is 1. The summed E-state index contributed by atoms with van der Waals surface area (Å²) in [4.78, 5) is 11.7. The van der Waals surface area contributed by atoms with Gasteiger partial charge in [-0.15, -0.1) is 0 Å². The molecule has 0 aliphatic rings. The Hall–Kier alpha value is -2.24. The Bertz CT molecular complexity index is 683. The van der Waals surface area contributed by atoms with Gasteiger partial charge in [-0.05, 0) is 36.4 Å². The average Bonchev–Trinajstić information content (AvgIpc) is 2.56. The van der Waals surface area contributed by atoms with E-state index in [1.807, 2.05) is 12.1 Å². The van der Waals surface area contributed by atoms with Gasteiger partial charge in [0.25, 0.3) is 5.91 Å². The molecular weight excluding hydrogens is 337 g/mol. The summed E-state index contributed by atoms with van der Waals surface area (Å²) >= 11 is 12.0. The van der Waals surface area contributed by atoms with E-state index in [0.717, 1.165) is 11.4 Å². The lowest BCUT2D eigenvalue weighted by molar-refractivity contribution is -0.119. The maximum Gasteiger partial charge on any atom is 0.259 e. The SMILES string of the molecule is COc1ccc(NCC(=O)N/N=C\c2c(Cl)cccc2Cl)cc1. The zero-order valence-corrected chi connectivity index (χ0v) is 13.9. The van der Waals surface area contributed by atoms with E-state index in [-0.39, 0.29) is 12.5 Å². The molecule has 2 aromatic carbocycles. The molecule has 0 radical (unpaired) electrons. The lowest BCUT2D eigenvalue weighted by Gasteiger charge is -2.06. The summed E-state index contributed by atoms with van der Waals surface area (Å²) in [7, 11) is 1.60. The number of halogens is 2. The maximum atomic E-state index is 11.7. The lowest BCUT2D eigenvalue weighted by atomic mass is 10.2. The Labute approximate surface area is 144 Å². The predicted molar refractivity (Wildman–Crippen MR) is 93.7 cm³/mol. The monoisotopic (exact) mass is 351 g/mol. The first-order valence-electron chi connectivity index (χ1n) is 6.74. The molecule has 2 N–H and O–H groups in total. The van der Waals surface area contributed by atoms with Crippen LogP contribution in [0.25, 0.3) is 0 Å². The molecule has 120 valence electrons. The van der Waals surface area contributed by atoms with Gasteiger partial charge in [-0.25, -0.2) is 5.43 Å². The van der Waals surface area contributed by atoms with Crippen LogP contribution in [0.15, 0.2) is 47.6 Å². The summed E-state index contributed by atoms with van der Waals surface area (Å²) in [5, 5.41) is 7.75. The Balaban J connectivity index is 1.84. The zero-order valence-electron chi connectivity index (χ0n) is 12.3. The maximum absolute atomic E-state index is 11.7. The summed E-state index contributed by atoms with van der Waals surface area (Å²) in [5.41, 5.74) is 3.76. The molecule has 0 saturated heterocycles. The van der Waals surface area contributed by atoms with Crippen molar-refractivity contribution in [3.8, 4) is 5.75 Å². The van der Waals surface area contributed by atoms with Crippen LogP contribution in [0, 0.1) is 0 Å². The van der Waals surface area contributed by atoms with Gasteiger partial charge in [-0.2, -0.15) is 5.10 Å². The number of hydrogen-bond donors (Lipinski definition) is 2. The number of hydrazone groups is 1. The molecule has 0 atom stereocenters. The highest BCUT2D eigenvalue weighted by molar-refractivity contribution is 6.38. The first-order valence-corrected chi connectivity index (χ1v) is 7.49. The molecule has 2 rings (SSSR count). The molecular formula is C16H15Cl2N3O2. The zero-order chi connectivity index (χ0) is 16.7. The number of benzene rings is 2. The molecule has 0 aromatic heterocycles. The van der Waals surface area contributed by atoms with Gasteiger partial charge in [0.2, 0.25) is 0 Å². The van der Waals surface area contributed by atoms with Crippen molar-refractivity contribution in [1.29, 1.82) is 0 Å². The van der Waals surface area contributed by atoms with Crippen molar-refractivity contribution in [3.05, 3.63) is 58.1 Å². The summed E-state index contributed by atoms with van der Waals surface area (Å²) < 4.78 is 5.06.